The monoisotopic (exact) mass is 274 g/mol. The number of carbonyl (C=O) groups is 1. The van der Waals surface area contributed by atoms with Crippen molar-refractivity contribution in [3.8, 4) is 0 Å². The van der Waals surface area contributed by atoms with Crippen molar-refractivity contribution in [2.75, 3.05) is 0 Å². The van der Waals surface area contributed by atoms with E-state index in [4.69, 9.17) is 0 Å². The number of rotatable bonds is 3. The van der Waals surface area contributed by atoms with Crippen LogP contribution in [0.1, 0.15) is 57.6 Å². The highest BCUT2D eigenvalue weighted by Crippen LogP contribution is 2.33. The Kier molecular flexibility index (Phi) is 4.52. The summed E-state index contributed by atoms with van der Waals surface area (Å²) in [4.78, 5) is 11.3. The van der Waals surface area contributed by atoms with Crippen LogP contribution in [0.4, 0.5) is 0 Å². The first-order valence-corrected chi connectivity index (χ1v) is 7.70. The summed E-state index contributed by atoms with van der Waals surface area (Å²) >= 11 is 0. The maximum Gasteiger partial charge on any atom is 0.306 e. The lowest BCUT2D eigenvalue weighted by Crippen LogP contribution is -2.28. The predicted molar refractivity (Wildman–Crippen MR) is 81.9 cm³/mol. The molecule has 0 spiro atoms. The van der Waals surface area contributed by atoms with Gasteiger partial charge >= 0.3 is 5.97 Å². The molecule has 1 aromatic rings. The maximum atomic E-state index is 11.3. The Morgan fingerprint density at radius 3 is 2.30 bits per heavy atom. The Balaban J connectivity index is 2.07. The molecule has 2 rings (SSSR count). The van der Waals surface area contributed by atoms with Crippen molar-refractivity contribution in [1.82, 2.24) is 0 Å². The van der Waals surface area contributed by atoms with Gasteiger partial charge in [0.25, 0.3) is 0 Å². The van der Waals surface area contributed by atoms with E-state index in [1.54, 1.807) is 0 Å². The number of hydrogen-bond acceptors (Lipinski definition) is 1. The second-order valence-corrected chi connectivity index (χ2v) is 7.14. The Hall–Kier alpha value is -1.31. The maximum absolute atomic E-state index is 11.3. The second kappa shape index (κ2) is 5.99. The van der Waals surface area contributed by atoms with E-state index in [-0.39, 0.29) is 11.3 Å². The van der Waals surface area contributed by atoms with Crippen molar-refractivity contribution in [3.05, 3.63) is 35.4 Å². The number of benzene rings is 1. The Morgan fingerprint density at radius 1 is 1.15 bits per heavy atom. The predicted octanol–water partition coefficient (Wildman–Crippen LogP) is 4.42. The molecular formula is C18H26O2. The summed E-state index contributed by atoms with van der Waals surface area (Å²) in [5, 5.41) is 9.34. The first-order chi connectivity index (χ1) is 9.38. The average molecular weight is 274 g/mol. The Morgan fingerprint density at radius 2 is 1.75 bits per heavy atom. The SMILES string of the molecule is CC(C)(C)c1ccc(CC2CCCCC2C(=O)O)cc1. The van der Waals surface area contributed by atoms with Gasteiger partial charge in [-0.05, 0) is 41.7 Å². The van der Waals surface area contributed by atoms with Crippen LogP contribution in [-0.2, 0) is 16.6 Å². The molecule has 20 heavy (non-hydrogen) atoms. The van der Waals surface area contributed by atoms with Gasteiger partial charge in [-0.3, -0.25) is 4.79 Å². The molecule has 2 unspecified atom stereocenters. The first kappa shape index (κ1) is 15.1. The summed E-state index contributed by atoms with van der Waals surface area (Å²) in [6.45, 7) is 6.64. The quantitative estimate of drug-likeness (QED) is 0.886. The molecule has 2 atom stereocenters. The van der Waals surface area contributed by atoms with Crippen LogP contribution >= 0.6 is 0 Å². The minimum atomic E-state index is -0.610. The number of hydrogen-bond donors (Lipinski definition) is 1. The summed E-state index contributed by atoms with van der Waals surface area (Å²) in [7, 11) is 0. The van der Waals surface area contributed by atoms with E-state index in [2.05, 4.69) is 45.0 Å². The van der Waals surface area contributed by atoms with Gasteiger partial charge in [0.15, 0.2) is 0 Å². The Bertz CT molecular complexity index is 453. The van der Waals surface area contributed by atoms with Gasteiger partial charge in [-0.2, -0.15) is 0 Å². The molecule has 0 saturated heterocycles. The minimum absolute atomic E-state index is 0.147. The van der Waals surface area contributed by atoms with Gasteiger partial charge < -0.3 is 5.11 Å². The lowest BCUT2D eigenvalue weighted by molar-refractivity contribution is -0.144. The number of aliphatic carboxylic acids is 1. The van der Waals surface area contributed by atoms with Crippen LogP contribution in [0.5, 0.6) is 0 Å². The van der Waals surface area contributed by atoms with E-state index in [0.717, 1.165) is 25.7 Å². The smallest absolute Gasteiger partial charge is 0.306 e. The molecule has 1 aromatic carbocycles. The fourth-order valence-electron chi connectivity index (χ4n) is 3.22. The topological polar surface area (TPSA) is 37.3 Å². The third kappa shape index (κ3) is 3.62. The van der Waals surface area contributed by atoms with Crippen LogP contribution in [0.15, 0.2) is 24.3 Å². The zero-order valence-electron chi connectivity index (χ0n) is 12.9. The summed E-state index contributed by atoms with van der Waals surface area (Å²) in [5.41, 5.74) is 2.78. The minimum Gasteiger partial charge on any atom is -0.481 e. The van der Waals surface area contributed by atoms with Crippen molar-refractivity contribution in [1.29, 1.82) is 0 Å². The van der Waals surface area contributed by atoms with E-state index in [1.165, 1.54) is 17.5 Å². The average Bonchev–Trinajstić information content (AvgIpc) is 2.38. The molecule has 1 saturated carbocycles. The molecule has 1 aliphatic carbocycles. The van der Waals surface area contributed by atoms with E-state index in [9.17, 15) is 9.90 Å². The molecule has 2 nitrogen and oxygen atoms in total. The van der Waals surface area contributed by atoms with E-state index in [0.29, 0.717) is 5.92 Å². The van der Waals surface area contributed by atoms with Crippen molar-refractivity contribution in [2.45, 2.75) is 58.3 Å². The third-order valence-electron chi connectivity index (χ3n) is 4.54. The molecule has 0 amide bonds. The van der Waals surface area contributed by atoms with Crippen LogP contribution in [0.3, 0.4) is 0 Å². The lowest BCUT2D eigenvalue weighted by atomic mass is 9.76. The summed E-state index contributed by atoms with van der Waals surface area (Å²) < 4.78 is 0. The first-order valence-electron chi connectivity index (χ1n) is 7.70. The highest BCUT2D eigenvalue weighted by atomic mass is 16.4. The highest BCUT2D eigenvalue weighted by Gasteiger charge is 2.30. The highest BCUT2D eigenvalue weighted by molar-refractivity contribution is 5.70. The van der Waals surface area contributed by atoms with Gasteiger partial charge in [-0.1, -0.05) is 57.9 Å². The molecule has 0 aromatic heterocycles. The number of carboxylic acid groups (broad SMARTS) is 1. The molecule has 2 heteroatoms. The zero-order valence-corrected chi connectivity index (χ0v) is 12.9. The molecule has 1 aliphatic rings. The standard InChI is InChI=1S/C18H26O2/c1-18(2,3)15-10-8-13(9-11-15)12-14-6-4-5-7-16(14)17(19)20/h8-11,14,16H,4-7,12H2,1-3H3,(H,19,20). The van der Waals surface area contributed by atoms with Gasteiger partial charge in [-0.25, -0.2) is 0 Å². The van der Waals surface area contributed by atoms with Gasteiger partial charge in [0.1, 0.15) is 0 Å². The third-order valence-corrected chi connectivity index (χ3v) is 4.54. The Labute approximate surface area is 122 Å². The fourth-order valence-corrected chi connectivity index (χ4v) is 3.22. The summed E-state index contributed by atoms with van der Waals surface area (Å²) in [6, 6.07) is 8.73. The lowest BCUT2D eigenvalue weighted by Gasteiger charge is -2.28. The molecule has 0 heterocycles. The molecule has 0 aliphatic heterocycles. The largest absolute Gasteiger partial charge is 0.481 e. The normalized spacial score (nSPS) is 23.6. The van der Waals surface area contributed by atoms with Crippen molar-refractivity contribution < 1.29 is 9.90 Å². The van der Waals surface area contributed by atoms with Crippen LogP contribution in [0.25, 0.3) is 0 Å². The van der Waals surface area contributed by atoms with Crippen LogP contribution < -0.4 is 0 Å². The molecule has 0 radical (unpaired) electrons. The number of carboxylic acids is 1. The second-order valence-electron chi connectivity index (χ2n) is 7.14. The van der Waals surface area contributed by atoms with Gasteiger partial charge in [-0.15, -0.1) is 0 Å². The van der Waals surface area contributed by atoms with Crippen molar-refractivity contribution >= 4 is 5.97 Å². The van der Waals surface area contributed by atoms with E-state index < -0.39 is 5.97 Å². The van der Waals surface area contributed by atoms with E-state index in [1.807, 2.05) is 0 Å². The van der Waals surface area contributed by atoms with Gasteiger partial charge in [0.05, 0.1) is 5.92 Å². The van der Waals surface area contributed by atoms with Crippen molar-refractivity contribution in [2.24, 2.45) is 11.8 Å². The van der Waals surface area contributed by atoms with Crippen LogP contribution in [0.2, 0.25) is 0 Å². The zero-order chi connectivity index (χ0) is 14.8. The molecule has 1 N–H and O–H groups in total. The van der Waals surface area contributed by atoms with Gasteiger partial charge in [0.2, 0.25) is 0 Å². The molecule has 110 valence electrons. The van der Waals surface area contributed by atoms with Crippen LogP contribution in [0, 0.1) is 11.8 Å². The fraction of sp³-hybridized carbons (Fsp3) is 0.611. The van der Waals surface area contributed by atoms with E-state index >= 15 is 0 Å². The van der Waals surface area contributed by atoms with Gasteiger partial charge in [0, 0.05) is 0 Å². The summed E-state index contributed by atoms with van der Waals surface area (Å²) in [6.07, 6.45) is 5.05. The van der Waals surface area contributed by atoms with Crippen LogP contribution in [-0.4, -0.2) is 11.1 Å². The van der Waals surface area contributed by atoms with Crippen molar-refractivity contribution in [3.63, 3.8) is 0 Å². The molecular weight excluding hydrogens is 248 g/mol. The summed E-state index contributed by atoms with van der Waals surface area (Å²) in [5.74, 6) is -0.450. The molecule has 0 bridgehead atoms. The molecule has 1 fully saturated rings.